The molecule has 0 fully saturated rings. The Hall–Kier alpha value is -0.410. The highest BCUT2D eigenvalue weighted by molar-refractivity contribution is 7.98. The number of aryl methyl sites for hydroxylation is 1. The molecule has 1 aromatic heterocycles. The molecule has 1 heterocycles. The molecule has 0 aliphatic heterocycles. The highest BCUT2D eigenvalue weighted by atomic mass is 35.5. The molecule has 0 saturated heterocycles. The highest BCUT2D eigenvalue weighted by Crippen LogP contribution is 2.22. The smallest absolute Gasteiger partial charge is 0.152 e. The third-order valence-corrected chi connectivity index (χ3v) is 3.17. The zero-order valence-corrected chi connectivity index (χ0v) is 10.8. The first-order valence-electron chi connectivity index (χ1n) is 5.09. The van der Waals surface area contributed by atoms with Crippen LogP contribution in [0.3, 0.4) is 0 Å². The molecule has 0 saturated carbocycles. The fourth-order valence-electron chi connectivity index (χ4n) is 1.32. The van der Waals surface area contributed by atoms with Gasteiger partial charge in [-0.05, 0) is 43.4 Å². The summed E-state index contributed by atoms with van der Waals surface area (Å²) in [5.74, 6) is 1.22. The molecule has 0 bridgehead atoms. The molecule has 1 N–H and O–H groups in total. The second kappa shape index (κ2) is 6.96. The largest absolute Gasteiger partial charge is 0.382 e. The van der Waals surface area contributed by atoms with Gasteiger partial charge in [-0.25, -0.2) is 4.98 Å². The van der Waals surface area contributed by atoms with Gasteiger partial charge in [-0.2, -0.15) is 11.8 Å². The minimum Gasteiger partial charge on any atom is -0.382 e. The van der Waals surface area contributed by atoms with Crippen LogP contribution in [0.4, 0.5) is 5.69 Å². The van der Waals surface area contributed by atoms with Crippen LogP contribution in [0.25, 0.3) is 0 Å². The maximum absolute atomic E-state index is 5.99. The predicted molar refractivity (Wildman–Crippen MR) is 70.1 cm³/mol. The van der Waals surface area contributed by atoms with Crippen LogP contribution in [0.5, 0.6) is 0 Å². The van der Waals surface area contributed by atoms with E-state index in [0.29, 0.717) is 5.15 Å². The van der Waals surface area contributed by atoms with Gasteiger partial charge in [0.1, 0.15) is 0 Å². The van der Waals surface area contributed by atoms with Gasteiger partial charge in [0.15, 0.2) is 5.15 Å². The standard InChI is InChI=1S/C11H17ClN2S/c1-9-5-7-14-11(12)10(9)13-6-3-4-8-15-2/h5,7,13H,3-4,6,8H2,1-2H3. The molecule has 0 aliphatic rings. The molecule has 0 unspecified atom stereocenters. The van der Waals surface area contributed by atoms with Crippen LogP contribution in [0.1, 0.15) is 18.4 Å². The predicted octanol–water partition coefficient (Wildman–Crippen LogP) is 3.60. The Morgan fingerprint density at radius 3 is 2.93 bits per heavy atom. The number of hydrogen-bond acceptors (Lipinski definition) is 3. The van der Waals surface area contributed by atoms with Crippen molar-refractivity contribution in [2.75, 3.05) is 23.9 Å². The maximum atomic E-state index is 5.99. The van der Waals surface area contributed by atoms with E-state index in [4.69, 9.17) is 11.6 Å². The van der Waals surface area contributed by atoms with Gasteiger partial charge in [0, 0.05) is 12.7 Å². The van der Waals surface area contributed by atoms with E-state index >= 15 is 0 Å². The Balaban J connectivity index is 2.37. The summed E-state index contributed by atoms with van der Waals surface area (Å²) in [7, 11) is 0. The van der Waals surface area contributed by atoms with Crippen molar-refractivity contribution in [3.05, 3.63) is 23.0 Å². The first-order valence-corrected chi connectivity index (χ1v) is 6.87. The van der Waals surface area contributed by atoms with Crippen LogP contribution in [-0.4, -0.2) is 23.5 Å². The summed E-state index contributed by atoms with van der Waals surface area (Å²) in [5.41, 5.74) is 2.13. The van der Waals surface area contributed by atoms with Gasteiger partial charge in [0.05, 0.1) is 5.69 Å². The summed E-state index contributed by atoms with van der Waals surface area (Å²) >= 11 is 7.88. The van der Waals surface area contributed by atoms with E-state index in [1.807, 2.05) is 24.8 Å². The normalized spacial score (nSPS) is 10.3. The third kappa shape index (κ3) is 4.31. The summed E-state index contributed by atoms with van der Waals surface area (Å²) in [4.78, 5) is 4.05. The van der Waals surface area contributed by atoms with Crippen molar-refractivity contribution in [1.82, 2.24) is 4.98 Å². The zero-order chi connectivity index (χ0) is 11.1. The molecule has 4 heteroatoms. The number of pyridine rings is 1. The highest BCUT2D eigenvalue weighted by Gasteiger charge is 2.02. The van der Waals surface area contributed by atoms with Gasteiger partial charge in [-0.1, -0.05) is 11.6 Å². The monoisotopic (exact) mass is 244 g/mol. The molecule has 84 valence electrons. The molecule has 0 radical (unpaired) electrons. The van der Waals surface area contributed by atoms with E-state index in [0.717, 1.165) is 17.8 Å². The number of unbranched alkanes of at least 4 members (excludes halogenated alkanes) is 1. The van der Waals surface area contributed by atoms with E-state index in [-0.39, 0.29) is 0 Å². The minimum atomic E-state index is 0.569. The van der Waals surface area contributed by atoms with Crippen LogP contribution < -0.4 is 5.32 Å². The Morgan fingerprint density at radius 1 is 1.47 bits per heavy atom. The number of hydrogen-bond donors (Lipinski definition) is 1. The Labute approximate surface area is 101 Å². The number of anilines is 1. The first kappa shape index (κ1) is 12.7. The fraction of sp³-hybridized carbons (Fsp3) is 0.545. The molecule has 2 nitrogen and oxygen atoms in total. The van der Waals surface area contributed by atoms with Crippen molar-refractivity contribution < 1.29 is 0 Å². The van der Waals surface area contributed by atoms with Crippen molar-refractivity contribution in [3.63, 3.8) is 0 Å². The van der Waals surface area contributed by atoms with E-state index in [1.165, 1.54) is 18.6 Å². The second-order valence-corrected chi connectivity index (χ2v) is 4.76. The number of halogens is 1. The summed E-state index contributed by atoms with van der Waals surface area (Å²) < 4.78 is 0. The molecule has 0 spiro atoms. The number of thioether (sulfide) groups is 1. The lowest BCUT2D eigenvalue weighted by Crippen LogP contribution is -2.04. The Morgan fingerprint density at radius 2 is 2.27 bits per heavy atom. The molecular formula is C11H17ClN2S. The van der Waals surface area contributed by atoms with E-state index < -0.39 is 0 Å². The van der Waals surface area contributed by atoms with Gasteiger partial charge in [0.25, 0.3) is 0 Å². The summed E-state index contributed by atoms with van der Waals surface area (Å²) in [6.07, 6.45) is 6.28. The lowest BCUT2D eigenvalue weighted by Gasteiger charge is -2.10. The summed E-state index contributed by atoms with van der Waals surface area (Å²) in [6, 6.07) is 1.97. The minimum absolute atomic E-state index is 0.569. The van der Waals surface area contributed by atoms with Crippen LogP contribution in [-0.2, 0) is 0 Å². The fourth-order valence-corrected chi connectivity index (χ4v) is 2.09. The zero-order valence-electron chi connectivity index (χ0n) is 9.22. The topological polar surface area (TPSA) is 24.9 Å². The van der Waals surface area contributed by atoms with Crippen molar-refractivity contribution in [3.8, 4) is 0 Å². The van der Waals surface area contributed by atoms with Crippen molar-refractivity contribution in [2.45, 2.75) is 19.8 Å². The van der Waals surface area contributed by atoms with E-state index in [1.54, 1.807) is 6.20 Å². The maximum Gasteiger partial charge on any atom is 0.152 e. The first-order chi connectivity index (χ1) is 7.25. The quantitative estimate of drug-likeness (QED) is 0.612. The van der Waals surface area contributed by atoms with Crippen molar-refractivity contribution >= 4 is 29.1 Å². The van der Waals surface area contributed by atoms with Gasteiger partial charge in [-0.15, -0.1) is 0 Å². The SMILES string of the molecule is CSCCCCNc1c(C)ccnc1Cl. The molecule has 0 amide bonds. The van der Waals surface area contributed by atoms with E-state index in [2.05, 4.69) is 16.6 Å². The molecule has 0 aromatic carbocycles. The molecule has 0 aliphatic carbocycles. The third-order valence-electron chi connectivity index (χ3n) is 2.19. The van der Waals surface area contributed by atoms with Crippen LogP contribution in [0, 0.1) is 6.92 Å². The lowest BCUT2D eigenvalue weighted by atomic mass is 10.2. The van der Waals surface area contributed by atoms with Gasteiger partial charge < -0.3 is 5.32 Å². The van der Waals surface area contributed by atoms with Gasteiger partial charge in [-0.3, -0.25) is 0 Å². The second-order valence-electron chi connectivity index (χ2n) is 3.42. The van der Waals surface area contributed by atoms with Crippen molar-refractivity contribution in [2.24, 2.45) is 0 Å². The Bertz CT molecular complexity index is 284. The number of nitrogens with zero attached hydrogens (tertiary/aromatic N) is 1. The average Bonchev–Trinajstić information content (AvgIpc) is 2.21. The number of aromatic nitrogens is 1. The van der Waals surface area contributed by atoms with Crippen molar-refractivity contribution in [1.29, 1.82) is 0 Å². The van der Waals surface area contributed by atoms with Crippen LogP contribution in [0.15, 0.2) is 12.3 Å². The molecular weight excluding hydrogens is 228 g/mol. The summed E-state index contributed by atoms with van der Waals surface area (Å²) in [6.45, 7) is 3.00. The average molecular weight is 245 g/mol. The van der Waals surface area contributed by atoms with E-state index in [9.17, 15) is 0 Å². The summed E-state index contributed by atoms with van der Waals surface area (Å²) in [5, 5.41) is 3.91. The van der Waals surface area contributed by atoms with Crippen LogP contribution in [0.2, 0.25) is 5.15 Å². The van der Waals surface area contributed by atoms with Gasteiger partial charge >= 0.3 is 0 Å². The number of rotatable bonds is 6. The Kier molecular flexibility index (Phi) is 5.88. The van der Waals surface area contributed by atoms with Crippen LogP contribution >= 0.6 is 23.4 Å². The lowest BCUT2D eigenvalue weighted by molar-refractivity contribution is 0.842. The number of nitrogens with one attached hydrogen (secondary N) is 1. The molecule has 0 atom stereocenters. The van der Waals surface area contributed by atoms with Gasteiger partial charge in [0.2, 0.25) is 0 Å². The molecule has 15 heavy (non-hydrogen) atoms. The molecule has 1 aromatic rings. The molecule has 1 rings (SSSR count).